The fourth-order valence-electron chi connectivity index (χ4n) is 1.02. The highest BCUT2D eigenvalue weighted by Gasteiger charge is 2.39. The van der Waals surface area contributed by atoms with E-state index in [0.717, 1.165) is 0 Å². The summed E-state index contributed by atoms with van der Waals surface area (Å²) in [5.74, 6) is -2.92. The van der Waals surface area contributed by atoms with Crippen molar-refractivity contribution in [2.45, 2.75) is 12.6 Å². The summed E-state index contributed by atoms with van der Waals surface area (Å²) < 4.78 is 35.6. The third-order valence-corrected chi connectivity index (χ3v) is 1.87. The van der Waals surface area contributed by atoms with Gasteiger partial charge in [0.25, 0.3) is 0 Å². The molecule has 0 bridgehead atoms. The fourth-order valence-corrected chi connectivity index (χ4v) is 1.02. The second kappa shape index (κ2) is 4.51. The molecule has 0 atom stereocenters. The van der Waals surface area contributed by atoms with Crippen molar-refractivity contribution in [3.63, 3.8) is 0 Å². The summed E-state index contributed by atoms with van der Waals surface area (Å²) in [7, 11) is 5.34. The van der Waals surface area contributed by atoms with Gasteiger partial charge in [0.1, 0.15) is 7.85 Å². The summed E-state index contributed by atoms with van der Waals surface area (Å²) in [6.07, 6.45) is -6.14. The smallest absolute Gasteiger partial charge is 0.294 e. The molecule has 2 nitrogen and oxygen atoms in total. The minimum Gasteiger partial charge on any atom is -0.294 e. The van der Waals surface area contributed by atoms with E-state index in [1.54, 1.807) is 0 Å². The molecule has 0 saturated heterocycles. The molecule has 2 radical (unpaired) electrons. The minimum absolute atomic E-state index is 0.0341. The van der Waals surface area contributed by atoms with Gasteiger partial charge in [-0.2, -0.15) is 13.2 Å². The van der Waals surface area contributed by atoms with Gasteiger partial charge in [0, 0.05) is 5.56 Å². The number of benzene rings is 1. The first-order chi connectivity index (χ1) is 7.30. The van der Waals surface area contributed by atoms with Crippen LogP contribution in [0.15, 0.2) is 24.3 Å². The van der Waals surface area contributed by atoms with Crippen molar-refractivity contribution in [2.75, 3.05) is 0 Å². The highest BCUT2D eigenvalue weighted by Crippen LogP contribution is 2.19. The van der Waals surface area contributed by atoms with Crippen LogP contribution in [0.25, 0.3) is 0 Å². The Bertz CT molecular complexity index is 409. The van der Waals surface area contributed by atoms with E-state index in [4.69, 9.17) is 7.85 Å². The number of ketones is 2. The first kappa shape index (κ1) is 12.5. The predicted molar refractivity (Wildman–Crippen MR) is 51.8 cm³/mol. The number of hydrogen-bond acceptors (Lipinski definition) is 2. The van der Waals surface area contributed by atoms with Crippen LogP contribution < -0.4 is 5.46 Å². The number of carbonyl (C=O) groups is 2. The quantitative estimate of drug-likeness (QED) is 0.440. The fraction of sp³-hybridized carbons (Fsp3) is 0.200. The zero-order valence-electron chi connectivity index (χ0n) is 8.04. The van der Waals surface area contributed by atoms with Crippen molar-refractivity contribution in [3.8, 4) is 0 Å². The second-order valence-corrected chi connectivity index (χ2v) is 3.14. The van der Waals surface area contributed by atoms with Gasteiger partial charge < -0.3 is 0 Å². The van der Waals surface area contributed by atoms with Crippen molar-refractivity contribution in [1.82, 2.24) is 0 Å². The Hall–Kier alpha value is -1.59. The van der Waals surface area contributed by atoms with Crippen molar-refractivity contribution >= 4 is 24.9 Å². The molecule has 0 aliphatic rings. The second-order valence-electron chi connectivity index (χ2n) is 3.14. The monoisotopic (exact) mass is 226 g/mol. The zero-order chi connectivity index (χ0) is 12.3. The van der Waals surface area contributed by atoms with E-state index in [1.165, 1.54) is 24.3 Å². The lowest BCUT2D eigenvalue weighted by Crippen LogP contribution is -2.25. The molecular formula is C10H6BF3O2. The molecule has 0 N–H and O–H groups in total. The average Bonchev–Trinajstić information content (AvgIpc) is 2.17. The molecule has 0 aromatic heterocycles. The van der Waals surface area contributed by atoms with E-state index in [2.05, 4.69) is 0 Å². The number of hydrogen-bond donors (Lipinski definition) is 0. The average molecular weight is 226 g/mol. The lowest BCUT2D eigenvalue weighted by molar-refractivity contribution is -0.170. The van der Waals surface area contributed by atoms with Crippen LogP contribution in [0.5, 0.6) is 0 Å². The van der Waals surface area contributed by atoms with Crippen LogP contribution in [0.4, 0.5) is 13.2 Å². The predicted octanol–water partition coefficient (Wildman–Crippen LogP) is 1.18. The van der Waals surface area contributed by atoms with Gasteiger partial charge in [-0.05, 0) is 0 Å². The number of halogens is 3. The maximum absolute atomic E-state index is 11.9. The van der Waals surface area contributed by atoms with Gasteiger partial charge in [0.05, 0.1) is 6.42 Å². The molecule has 0 fully saturated rings. The zero-order valence-corrected chi connectivity index (χ0v) is 8.04. The molecule has 1 aromatic rings. The first-order valence-corrected chi connectivity index (χ1v) is 4.29. The van der Waals surface area contributed by atoms with Crippen molar-refractivity contribution in [2.24, 2.45) is 0 Å². The molecule has 0 aliphatic heterocycles. The number of Topliss-reactive ketones (excluding diaryl/α,β-unsaturated/α-hetero) is 2. The Morgan fingerprint density at radius 2 is 1.62 bits per heavy atom. The summed E-state index contributed by atoms with van der Waals surface area (Å²) in [6, 6.07) is 5.32. The van der Waals surface area contributed by atoms with E-state index in [-0.39, 0.29) is 5.56 Å². The molecule has 0 saturated carbocycles. The topological polar surface area (TPSA) is 34.1 Å². The highest BCUT2D eigenvalue weighted by atomic mass is 19.4. The van der Waals surface area contributed by atoms with Crippen LogP contribution in [-0.4, -0.2) is 25.6 Å². The highest BCUT2D eigenvalue weighted by molar-refractivity contribution is 6.32. The maximum atomic E-state index is 11.9. The largest absolute Gasteiger partial charge is 0.450 e. The van der Waals surface area contributed by atoms with E-state index in [9.17, 15) is 22.8 Å². The van der Waals surface area contributed by atoms with E-state index < -0.39 is 24.2 Å². The lowest BCUT2D eigenvalue weighted by Gasteiger charge is -2.04. The summed E-state index contributed by atoms with van der Waals surface area (Å²) in [6.45, 7) is 0. The molecule has 0 amide bonds. The third kappa shape index (κ3) is 3.22. The van der Waals surface area contributed by atoms with Crippen LogP contribution in [0.1, 0.15) is 16.8 Å². The molecule has 0 aliphatic carbocycles. The minimum atomic E-state index is -4.97. The summed E-state index contributed by atoms with van der Waals surface area (Å²) in [5, 5.41) is 0. The molecular weight excluding hydrogens is 220 g/mol. The van der Waals surface area contributed by atoms with Crippen LogP contribution in [0.2, 0.25) is 0 Å². The number of carbonyl (C=O) groups excluding carboxylic acids is 2. The lowest BCUT2D eigenvalue weighted by atomic mass is 9.94. The molecule has 0 unspecified atom stereocenters. The van der Waals surface area contributed by atoms with Gasteiger partial charge >= 0.3 is 6.18 Å². The normalized spacial score (nSPS) is 11.2. The van der Waals surface area contributed by atoms with Gasteiger partial charge in [0.15, 0.2) is 5.78 Å². The molecule has 6 heteroatoms. The third-order valence-electron chi connectivity index (χ3n) is 1.87. The summed E-state index contributed by atoms with van der Waals surface area (Å²) >= 11 is 0. The van der Waals surface area contributed by atoms with Crippen molar-refractivity contribution in [3.05, 3.63) is 29.8 Å². The SMILES string of the molecule is [B]c1ccc(C(=O)CC(=O)C(F)(F)F)cc1. The molecule has 0 heterocycles. The van der Waals surface area contributed by atoms with Crippen LogP contribution >= 0.6 is 0 Å². The number of alkyl halides is 3. The van der Waals surface area contributed by atoms with Crippen LogP contribution in [0.3, 0.4) is 0 Å². The van der Waals surface area contributed by atoms with Gasteiger partial charge in [-0.1, -0.05) is 29.7 Å². The summed E-state index contributed by atoms with van der Waals surface area (Å²) in [4.78, 5) is 21.8. The Balaban J connectivity index is 2.74. The van der Waals surface area contributed by atoms with Crippen LogP contribution in [0, 0.1) is 0 Å². The maximum Gasteiger partial charge on any atom is 0.450 e. The standard InChI is InChI=1S/C10H6BF3O2/c11-7-3-1-6(2-4-7)8(15)5-9(16)10(12,13)14/h1-4H,5H2. The number of rotatable bonds is 3. The van der Waals surface area contributed by atoms with Crippen LogP contribution in [-0.2, 0) is 4.79 Å². The Morgan fingerprint density at radius 1 is 1.12 bits per heavy atom. The van der Waals surface area contributed by atoms with E-state index in [1.807, 2.05) is 0 Å². The van der Waals surface area contributed by atoms with Gasteiger partial charge in [-0.15, -0.1) is 0 Å². The van der Waals surface area contributed by atoms with Crippen molar-refractivity contribution < 1.29 is 22.8 Å². The molecule has 0 spiro atoms. The molecule has 16 heavy (non-hydrogen) atoms. The van der Waals surface area contributed by atoms with Gasteiger partial charge in [-0.3, -0.25) is 9.59 Å². The Morgan fingerprint density at radius 3 is 2.06 bits per heavy atom. The molecule has 1 rings (SSSR count). The van der Waals surface area contributed by atoms with Gasteiger partial charge in [0.2, 0.25) is 5.78 Å². The molecule has 82 valence electrons. The van der Waals surface area contributed by atoms with Crippen molar-refractivity contribution in [1.29, 1.82) is 0 Å². The Kier molecular flexibility index (Phi) is 3.52. The van der Waals surface area contributed by atoms with E-state index in [0.29, 0.717) is 5.46 Å². The van der Waals surface area contributed by atoms with Gasteiger partial charge in [-0.25, -0.2) is 0 Å². The molecule has 1 aromatic carbocycles. The first-order valence-electron chi connectivity index (χ1n) is 4.29. The van der Waals surface area contributed by atoms with E-state index >= 15 is 0 Å². The summed E-state index contributed by atoms with van der Waals surface area (Å²) in [5.41, 5.74) is 0.422. The Labute approximate surface area is 90.9 Å².